The Labute approximate surface area is 92.4 Å². The molecule has 15 heavy (non-hydrogen) atoms. The molecular formula is C12H9NOS. The van der Waals surface area contributed by atoms with Crippen molar-refractivity contribution in [2.45, 2.75) is 0 Å². The first-order chi connectivity index (χ1) is 7.35. The van der Waals surface area contributed by atoms with Crippen molar-refractivity contribution >= 4 is 11.3 Å². The Bertz CT molecular complexity index is 496. The number of ether oxygens (including phenoxy) is 1. The number of nitrogens with zero attached hydrogens (tertiary/aromatic N) is 1. The molecule has 0 fully saturated rings. The molecule has 1 aromatic carbocycles. The summed E-state index contributed by atoms with van der Waals surface area (Å²) in [5, 5.41) is 8.89. The second-order valence-corrected chi connectivity index (χ2v) is 4.04. The first kappa shape index (κ1) is 9.75. The third-order valence-corrected chi connectivity index (χ3v) is 3.15. The summed E-state index contributed by atoms with van der Waals surface area (Å²) in [6, 6.07) is 14.0. The van der Waals surface area contributed by atoms with Gasteiger partial charge in [0, 0.05) is 10.9 Å². The van der Waals surface area contributed by atoms with Crippen LogP contribution in [0.1, 0.15) is 4.88 Å². The predicted molar refractivity (Wildman–Crippen MR) is 61.0 cm³/mol. The zero-order valence-electron chi connectivity index (χ0n) is 8.23. The van der Waals surface area contributed by atoms with Crippen LogP contribution in [0, 0.1) is 11.3 Å². The van der Waals surface area contributed by atoms with Crippen molar-refractivity contribution in [1.82, 2.24) is 0 Å². The van der Waals surface area contributed by atoms with Crippen LogP contribution in [0.5, 0.6) is 5.75 Å². The predicted octanol–water partition coefficient (Wildman–Crippen LogP) is 3.30. The van der Waals surface area contributed by atoms with Gasteiger partial charge in [-0.3, -0.25) is 0 Å². The fraction of sp³-hybridized carbons (Fsp3) is 0.0833. The molecule has 0 amide bonds. The Morgan fingerprint density at radius 2 is 2.00 bits per heavy atom. The van der Waals surface area contributed by atoms with E-state index in [0.717, 1.165) is 10.4 Å². The zero-order chi connectivity index (χ0) is 10.7. The lowest BCUT2D eigenvalue weighted by Crippen LogP contribution is -1.80. The molecule has 1 aromatic heterocycles. The van der Waals surface area contributed by atoms with Crippen molar-refractivity contribution in [3.63, 3.8) is 0 Å². The van der Waals surface area contributed by atoms with Gasteiger partial charge in [-0.15, -0.1) is 11.3 Å². The molecule has 0 saturated heterocycles. The van der Waals surface area contributed by atoms with E-state index in [-0.39, 0.29) is 0 Å². The van der Waals surface area contributed by atoms with E-state index in [4.69, 9.17) is 10.00 Å². The van der Waals surface area contributed by atoms with Crippen LogP contribution in [0.2, 0.25) is 0 Å². The molecular weight excluding hydrogens is 206 g/mol. The molecule has 0 aliphatic carbocycles. The molecule has 0 bridgehead atoms. The van der Waals surface area contributed by atoms with E-state index < -0.39 is 0 Å². The quantitative estimate of drug-likeness (QED) is 0.770. The van der Waals surface area contributed by atoms with E-state index in [1.807, 2.05) is 36.4 Å². The van der Waals surface area contributed by atoms with Gasteiger partial charge in [-0.25, -0.2) is 0 Å². The first-order valence-corrected chi connectivity index (χ1v) is 5.30. The van der Waals surface area contributed by atoms with Crippen molar-refractivity contribution in [1.29, 1.82) is 5.26 Å². The maximum Gasteiger partial charge on any atom is 0.148 e. The van der Waals surface area contributed by atoms with Crippen LogP contribution >= 0.6 is 11.3 Å². The second kappa shape index (κ2) is 4.16. The average molecular weight is 215 g/mol. The molecule has 2 aromatic rings. The average Bonchev–Trinajstić information content (AvgIpc) is 2.73. The van der Waals surface area contributed by atoms with E-state index >= 15 is 0 Å². The minimum absolute atomic E-state index is 0.622. The number of hydrogen-bond acceptors (Lipinski definition) is 3. The Morgan fingerprint density at radius 3 is 2.53 bits per heavy atom. The highest BCUT2D eigenvalue weighted by molar-refractivity contribution is 7.16. The smallest absolute Gasteiger partial charge is 0.148 e. The maximum atomic E-state index is 8.89. The normalized spacial score (nSPS) is 9.60. The highest BCUT2D eigenvalue weighted by Crippen LogP contribution is 2.35. The van der Waals surface area contributed by atoms with E-state index in [1.54, 1.807) is 7.11 Å². The Morgan fingerprint density at radius 1 is 1.27 bits per heavy atom. The van der Waals surface area contributed by atoms with Crippen LogP contribution in [-0.2, 0) is 0 Å². The second-order valence-electron chi connectivity index (χ2n) is 2.99. The fourth-order valence-corrected chi connectivity index (χ4v) is 2.28. The van der Waals surface area contributed by atoms with Crippen molar-refractivity contribution in [2.75, 3.05) is 7.11 Å². The topological polar surface area (TPSA) is 33.0 Å². The molecule has 1 heterocycles. The van der Waals surface area contributed by atoms with Crippen LogP contribution < -0.4 is 4.74 Å². The molecule has 2 nitrogen and oxygen atoms in total. The molecule has 74 valence electrons. The molecule has 0 radical (unpaired) electrons. The number of hydrogen-bond donors (Lipinski definition) is 0. The van der Waals surface area contributed by atoms with E-state index in [0.29, 0.717) is 10.6 Å². The number of methoxy groups -OCH3 is 1. The van der Waals surface area contributed by atoms with E-state index in [1.165, 1.54) is 11.3 Å². The number of nitriles is 1. The van der Waals surface area contributed by atoms with Gasteiger partial charge >= 0.3 is 0 Å². The lowest BCUT2D eigenvalue weighted by molar-refractivity contribution is 0.415. The van der Waals surface area contributed by atoms with Gasteiger partial charge in [-0.05, 0) is 5.56 Å². The SMILES string of the molecule is COc1cc(-c2ccccc2)sc1C#N. The summed E-state index contributed by atoms with van der Waals surface area (Å²) in [4.78, 5) is 1.68. The molecule has 0 atom stereocenters. The van der Waals surface area contributed by atoms with Gasteiger partial charge in [0.1, 0.15) is 16.7 Å². The zero-order valence-corrected chi connectivity index (χ0v) is 9.04. The Kier molecular flexibility index (Phi) is 2.70. The molecule has 0 aliphatic heterocycles. The lowest BCUT2D eigenvalue weighted by atomic mass is 10.2. The van der Waals surface area contributed by atoms with Gasteiger partial charge < -0.3 is 4.74 Å². The van der Waals surface area contributed by atoms with Crippen LogP contribution in [0.15, 0.2) is 36.4 Å². The van der Waals surface area contributed by atoms with Crippen LogP contribution in [-0.4, -0.2) is 7.11 Å². The van der Waals surface area contributed by atoms with Crippen molar-refractivity contribution in [3.05, 3.63) is 41.3 Å². The minimum atomic E-state index is 0.622. The first-order valence-electron chi connectivity index (χ1n) is 4.48. The van der Waals surface area contributed by atoms with Crippen LogP contribution in [0.3, 0.4) is 0 Å². The summed E-state index contributed by atoms with van der Waals surface area (Å²) in [7, 11) is 1.58. The third kappa shape index (κ3) is 1.85. The maximum absolute atomic E-state index is 8.89. The number of rotatable bonds is 2. The van der Waals surface area contributed by atoms with E-state index in [2.05, 4.69) is 6.07 Å². The van der Waals surface area contributed by atoms with Gasteiger partial charge in [0.05, 0.1) is 7.11 Å². The molecule has 0 saturated carbocycles. The van der Waals surface area contributed by atoms with Crippen molar-refractivity contribution < 1.29 is 4.74 Å². The highest BCUT2D eigenvalue weighted by atomic mass is 32.1. The summed E-state index contributed by atoms with van der Waals surface area (Å²) in [6.07, 6.45) is 0. The van der Waals surface area contributed by atoms with Gasteiger partial charge in [-0.2, -0.15) is 5.26 Å². The van der Waals surface area contributed by atoms with Gasteiger partial charge in [0.15, 0.2) is 0 Å². The summed E-state index contributed by atoms with van der Waals surface area (Å²) < 4.78 is 5.13. The van der Waals surface area contributed by atoms with Crippen LogP contribution in [0.4, 0.5) is 0 Å². The summed E-state index contributed by atoms with van der Waals surface area (Å²) in [6.45, 7) is 0. The molecule has 2 rings (SSSR count). The largest absolute Gasteiger partial charge is 0.494 e. The monoisotopic (exact) mass is 215 g/mol. The van der Waals surface area contributed by atoms with Gasteiger partial charge in [0.25, 0.3) is 0 Å². The molecule has 0 unspecified atom stereocenters. The highest BCUT2D eigenvalue weighted by Gasteiger charge is 2.09. The minimum Gasteiger partial charge on any atom is -0.494 e. The van der Waals surface area contributed by atoms with E-state index in [9.17, 15) is 0 Å². The lowest BCUT2D eigenvalue weighted by Gasteiger charge is -1.94. The summed E-state index contributed by atoms with van der Waals surface area (Å²) in [5.74, 6) is 0.654. The molecule has 0 spiro atoms. The number of thiophene rings is 1. The molecule has 3 heteroatoms. The number of benzene rings is 1. The third-order valence-electron chi connectivity index (χ3n) is 2.08. The van der Waals surface area contributed by atoms with Gasteiger partial charge in [0.2, 0.25) is 0 Å². The fourth-order valence-electron chi connectivity index (χ4n) is 1.35. The Hall–Kier alpha value is -1.79. The standard InChI is InChI=1S/C12H9NOS/c1-14-10-7-11(15-12(10)8-13)9-5-3-2-4-6-9/h2-7H,1H3. The molecule has 0 N–H and O–H groups in total. The van der Waals surface area contributed by atoms with Crippen molar-refractivity contribution in [2.24, 2.45) is 0 Å². The summed E-state index contributed by atoms with van der Waals surface area (Å²) in [5.41, 5.74) is 1.11. The Balaban J connectivity index is 2.48. The van der Waals surface area contributed by atoms with Crippen molar-refractivity contribution in [3.8, 4) is 22.3 Å². The van der Waals surface area contributed by atoms with Crippen LogP contribution in [0.25, 0.3) is 10.4 Å². The van der Waals surface area contributed by atoms with Gasteiger partial charge in [-0.1, -0.05) is 30.3 Å². The molecule has 0 aliphatic rings. The summed E-state index contributed by atoms with van der Waals surface area (Å²) >= 11 is 1.45.